The summed E-state index contributed by atoms with van der Waals surface area (Å²) in [5.74, 6) is 0.380. The SMILES string of the molecule is CCc1cc(C2CC3OC2CC3F)ccn1. The largest absolute Gasteiger partial charge is 0.371 e. The van der Waals surface area contributed by atoms with Crippen LogP contribution in [0.2, 0.25) is 0 Å². The van der Waals surface area contributed by atoms with Gasteiger partial charge in [0.1, 0.15) is 6.17 Å². The van der Waals surface area contributed by atoms with Gasteiger partial charge in [-0.2, -0.15) is 0 Å². The molecule has 1 aromatic heterocycles. The van der Waals surface area contributed by atoms with Gasteiger partial charge in [0, 0.05) is 24.2 Å². The minimum atomic E-state index is -0.742. The predicted molar refractivity (Wildman–Crippen MR) is 59.1 cm³/mol. The van der Waals surface area contributed by atoms with E-state index in [2.05, 4.69) is 18.0 Å². The molecule has 3 heteroatoms. The highest BCUT2D eigenvalue weighted by molar-refractivity contribution is 5.25. The zero-order valence-electron chi connectivity index (χ0n) is 9.40. The lowest BCUT2D eigenvalue weighted by atomic mass is 9.83. The monoisotopic (exact) mass is 221 g/mol. The number of aryl methyl sites for hydroxylation is 1. The molecule has 0 radical (unpaired) electrons. The average molecular weight is 221 g/mol. The summed E-state index contributed by atoms with van der Waals surface area (Å²) >= 11 is 0. The molecule has 16 heavy (non-hydrogen) atoms. The van der Waals surface area contributed by atoms with Crippen LogP contribution in [0.4, 0.5) is 4.39 Å². The molecule has 0 spiro atoms. The molecule has 0 aromatic carbocycles. The molecule has 0 aliphatic carbocycles. The molecule has 4 atom stereocenters. The van der Waals surface area contributed by atoms with Gasteiger partial charge in [-0.25, -0.2) is 4.39 Å². The van der Waals surface area contributed by atoms with Crippen molar-refractivity contribution in [3.63, 3.8) is 0 Å². The first-order valence-corrected chi connectivity index (χ1v) is 6.02. The Balaban J connectivity index is 1.83. The lowest BCUT2D eigenvalue weighted by Crippen LogP contribution is -2.22. The van der Waals surface area contributed by atoms with Crippen molar-refractivity contribution in [2.24, 2.45) is 0 Å². The molecule has 4 unspecified atom stereocenters. The zero-order chi connectivity index (χ0) is 11.1. The number of halogens is 1. The Kier molecular flexibility index (Phi) is 2.43. The van der Waals surface area contributed by atoms with E-state index in [0.717, 1.165) is 18.5 Å². The van der Waals surface area contributed by atoms with E-state index in [9.17, 15) is 4.39 Å². The number of pyridine rings is 1. The van der Waals surface area contributed by atoms with Crippen molar-refractivity contribution in [2.75, 3.05) is 0 Å². The van der Waals surface area contributed by atoms with Crippen LogP contribution in [-0.4, -0.2) is 23.4 Å². The van der Waals surface area contributed by atoms with Crippen LogP contribution in [0.3, 0.4) is 0 Å². The van der Waals surface area contributed by atoms with E-state index in [4.69, 9.17) is 4.74 Å². The van der Waals surface area contributed by atoms with Crippen LogP contribution in [-0.2, 0) is 11.2 Å². The molecule has 2 fully saturated rings. The van der Waals surface area contributed by atoms with Crippen LogP contribution < -0.4 is 0 Å². The maximum Gasteiger partial charge on any atom is 0.129 e. The summed E-state index contributed by atoms with van der Waals surface area (Å²) in [5, 5.41) is 0. The first-order chi connectivity index (χ1) is 7.78. The van der Waals surface area contributed by atoms with Gasteiger partial charge in [0.05, 0.1) is 12.2 Å². The van der Waals surface area contributed by atoms with Crippen molar-refractivity contribution >= 4 is 0 Å². The second-order valence-corrected chi connectivity index (χ2v) is 4.74. The summed E-state index contributed by atoms with van der Waals surface area (Å²) in [5.41, 5.74) is 2.38. The number of alkyl halides is 1. The first kappa shape index (κ1) is 10.2. The van der Waals surface area contributed by atoms with Gasteiger partial charge in [0.25, 0.3) is 0 Å². The molecule has 2 saturated heterocycles. The maximum atomic E-state index is 13.3. The highest BCUT2D eigenvalue weighted by Gasteiger charge is 2.47. The number of fused-ring (bicyclic) bond motifs is 2. The quantitative estimate of drug-likeness (QED) is 0.766. The standard InChI is InChI=1S/C13H16FNO/c1-2-9-5-8(3-4-15-9)10-6-13-11(14)7-12(10)16-13/h3-5,10-13H,2,6-7H2,1H3. The van der Waals surface area contributed by atoms with Crippen molar-refractivity contribution in [1.29, 1.82) is 0 Å². The van der Waals surface area contributed by atoms with Crippen molar-refractivity contribution in [2.45, 2.75) is 50.5 Å². The molecule has 2 nitrogen and oxygen atoms in total. The second-order valence-electron chi connectivity index (χ2n) is 4.74. The molecule has 0 N–H and O–H groups in total. The molecule has 86 valence electrons. The van der Waals surface area contributed by atoms with Crippen molar-refractivity contribution in [3.8, 4) is 0 Å². The number of aromatic nitrogens is 1. The number of ether oxygens (including phenoxy) is 1. The fraction of sp³-hybridized carbons (Fsp3) is 0.615. The molecule has 1 aromatic rings. The van der Waals surface area contributed by atoms with Gasteiger partial charge in [-0.05, 0) is 30.5 Å². The Morgan fingerprint density at radius 2 is 2.31 bits per heavy atom. The van der Waals surface area contributed by atoms with Crippen LogP contribution in [0.15, 0.2) is 18.3 Å². The molecule has 2 aliphatic rings. The van der Waals surface area contributed by atoms with Crippen LogP contribution in [0, 0.1) is 0 Å². The lowest BCUT2D eigenvalue weighted by Gasteiger charge is -2.20. The summed E-state index contributed by atoms with van der Waals surface area (Å²) < 4.78 is 18.9. The Morgan fingerprint density at radius 1 is 1.44 bits per heavy atom. The highest BCUT2D eigenvalue weighted by atomic mass is 19.1. The second kappa shape index (κ2) is 3.81. The first-order valence-electron chi connectivity index (χ1n) is 6.02. The maximum absolute atomic E-state index is 13.3. The fourth-order valence-corrected chi connectivity index (χ4v) is 2.87. The zero-order valence-corrected chi connectivity index (χ0v) is 9.40. The van der Waals surface area contributed by atoms with Gasteiger partial charge in [-0.3, -0.25) is 4.98 Å². The molecule has 3 rings (SSSR count). The van der Waals surface area contributed by atoms with Gasteiger partial charge in [-0.1, -0.05) is 6.92 Å². The molecule has 2 bridgehead atoms. The van der Waals surface area contributed by atoms with Gasteiger partial charge >= 0.3 is 0 Å². The summed E-state index contributed by atoms with van der Waals surface area (Å²) in [6.45, 7) is 2.10. The third-order valence-corrected chi connectivity index (χ3v) is 3.78. The third kappa shape index (κ3) is 1.54. The van der Waals surface area contributed by atoms with Gasteiger partial charge in [0.2, 0.25) is 0 Å². The Bertz CT molecular complexity index is 393. The highest BCUT2D eigenvalue weighted by Crippen LogP contribution is 2.45. The lowest BCUT2D eigenvalue weighted by molar-refractivity contribution is 0.0819. The van der Waals surface area contributed by atoms with E-state index in [1.807, 2.05) is 12.3 Å². The van der Waals surface area contributed by atoms with Crippen LogP contribution in [0.1, 0.15) is 36.9 Å². The average Bonchev–Trinajstić information content (AvgIpc) is 2.88. The molecular formula is C13H16FNO. The van der Waals surface area contributed by atoms with Crippen molar-refractivity contribution in [3.05, 3.63) is 29.6 Å². The summed E-state index contributed by atoms with van der Waals surface area (Å²) in [6, 6.07) is 4.18. The fourth-order valence-electron chi connectivity index (χ4n) is 2.87. The van der Waals surface area contributed by atoms with Gasteiger partial charge in [-0.15, -0.1) is 0 Å². The van der Waals surface area contributed by atoms with E-state index in [-0.39, 0.29) is 12.2 Å². The number of rotatable bonds is 2. The number of hydrogen-bond acceptors (Lipinski definition) is 2. The van der Waals surface area contributed by atoms with Crippen LogP contribution in [0.5, 0.6) is 0 Å². The number of nitrogens with zero attached hydrogens (tertiary/aromatic N) is 1. The van der Waals surface area contributed by atoms with Crippen molar-refractivity contribution < 1.29 is 9.13 Å². The van der Waals surface area contributed by atoms with Crippen molar-refractivity contribution in [1.82, 2.24) is 4.98 Å². The third-order valence-electron chi connectivity index (χ3n) is 3.78. The molecule has 0 amide bonds. The molecular weight excluding hydrogens is 205 g/mol. The van der Waals surface area contributed by atoms with Crippen LogP contribution >= 0.6 is 0 Å². The molecule has 3 heterocycles. The number of hydrogen-bond donors (Lipinski definition) is 0. The van der Waals surface area contributed by atoms with Gasteiger partial charge < -0.3 is 4.74 Å². The van der Waals surface area contributed by atoms with Gasteiger partial charge in [0.15, 0.2) is 0 Å². The topological polar surface area (TPSA) is 22.1 Å². The smallest absolute Gasteiger partial charge is 0.129 e. The van der Waals surface area contributed by atoms with E-state index >= 15 is 0 Å². The van der Waals surface area contributed by atoms with E-state index in [1.54, 1.807) is 0 Å². The minimum Gasteiger partial charge on any atom is -0.371 e. The summed E-state index contributed by atoms with van der Waals surface area (Å²) in [6.07, 6.45) is 3.39. The Morgan fingerprint density at radius 3 is 2.94 bits per heavy atom. The van der Waals surface area contributed by atoms with E-state index in [1.165, 1.54) is 5.56 Å². The van der Waals surface area contributed by atoms with Crippen LogP contribution in [0.25, 0.3) is 0 Å². The minimum absolute atomic E-state index is 0.0899. The normalized spacial score (nSPS) is 36.9. The Labute approximate surface area is 94.8 Å². The predicted octanol–water partition coefficient (Wildman–Crippen LogP) is 2.63. The molecule has 2 aliphatic heterocycles. The molecule has 0 saturated carbocycles. The van der Waals surface area contributed by atoms with E-state index < -0.39 is 6.17 Å². The summed E-state index contributed by atoms with van der Waals surface area (Å²) in [7, 11) is 0. The summed E-state index contributed by atoms with van der Waals surface area (Å²) in [4.78, 5) is 4.29. The van der Waals surface area contributed by atoms with E-state index in [0.29, 0.717) is 12.3 Å². The Hall–Kier alpha value is -0.960.